The minimum Gasteiger partial charge on any atom is -0.497 e. The highest BCUT2D eigenvalue weighted by molar-refractivity contribution is 5.92. The number of aliphatic hydroxyl groups excluding tert-OH is 1. The molecule has 0 bridgehead atoms. The molecule has 1 aromatic carbocycles. The van der Waals surface area contributed by atoms with Gasteiger partial charge in [0.1, 0.15) is 17.1 Å². The van der Waals surface area contributed by atoms with Gasteiger partial charge < -0.3 is 19.3 Å². The standard InChI is InChI=1S/C12H16O5/c1-15-9-4-5-10(12(14)16-2)11(8-9)17-7-3-6-13/h4-5,8,13H,3,6-7H2,1-2H3. The second-order valence-corrected chi connectivity index (χ2v) is 3.28. The lowest BCUT2D eigenvalue weighted by Gasteiger charge is -2.11. The van der Waals surface area contributed by atoms with Crippen LogP contribution in [0.15, 0.2) is 18.2 Å². The summed E-state index contributed by atoms with van der Waals surface area (Å²) in [7, 11) is 2.84. The van der Waals surface area contributed by atoms with E-state index >= 15 is 0 Å². The van der Waals surface area contributed by atoms with Crippen LogP contribution in [0.5, 0.6) is 11.5 Å². The van der Waals surface area contributed by atoms with Crippen molar-refractivity contribution in [2.24, 2.45) is 0 Å². The Morgan fingerprint density at radius 1 is 1.35 bits per heavy atom. The molecule has 0 atom stereocenters. The predicted octanol–water partition coefficient (Wildman–Crippen LogP) is 1.24. The van der Waals surface area contributed by atoms with E-state index in [2.05, 4.69) is 4.74 Å². The molecule has 0 saturated heterocycles. The summed E-state index contributed by atoms with van der Waals surface area (Å²) < 4.78 is 15.1. The molecule has 0 aliphatic carbocycles. The molecular formula is C12H16O5. The van der Waals surface area contributed by atoms with Crippen molar-refractivity contribution >= 4 is 5.97 Å². The molecule has 1 rings (SSSR count). The average Bonchev–Trinajstić information content (AvgIpc) is 2.38. The first-order valence-electron chi connectivity index (χ1n) is 5.23. The first-order chi connectivity index (χ1) is 8.22. The lowest BCUT2D eigenvalue weighted by molar-refractivity contribution is 0.0595. The molecule has 0 saturated carbocycles. The highest BCUT2D eigenvalue weighted by atomic mass is 16.5. The fraction of sp³-hybridized carbons (Fsp3) is 0.417. The molecule has 1 aromatic rings. The third kappa shape index (κ3) is 3.64. The van der Waals surface area contributed by atoms with Gasteiger partial charge in [-0.25, -0.2) is 4.79 Å². The molecule has 17 heavy (non-hydrogen) atoms. The van der Waals surface area contributed by atoms with Crippen molar-refractivity contribution in [3.8, 4) is 11.5 Å². The summed E-state index contributed by atoms with van der Waals surface area (Å²) in [5.41, 5.74) is 0.339. The van der Waals surface area contributed by atoms with E-state index in [4.69, 9.17) is 14.6 Å². The highest BCUT2D eigenvalue weighted by Crippen LogP contribution is 2.25. The summed E-state index contributed by atoms with van der Waals surface area (Å²) in [5, 5.41) is 8.67. The largest absolute Gasteiger partial charge is 0.497 e. The first-order valence-corrected chi connectivity index (χ1v) is 5.23. The second kappa shape index (κ2) is 6.75. The zero-order valence-electron chi connectivity index (χ0n) is 9.93. The Morgan fingerprint density at radius 2 is 2.12 bits per heavy atom. The third-order valence-corrected chi connectivity index (χ3v) is 2.15. The molecule has 0 unspecified atom stereocenters. The van der Waals surface area contributed by atoms with E-state index in [0.717, 1.165) is 0 Å². The van der Waals surface area contributed by atoms with Gasteiger partial charge in [-0.3, -0.25) is 0 Å². The number of hydrogen-bond donors (Lipinski definition) is 1. The lowest BCUT2D eigenvalue weighted by Crippen LogP contribution is -2.07. The van der Waals surface area contributed by atoms with Crippen LogP contribution < -0.4 is 9.47 Å². The van der Waals surface area contributed by atoms with Crippen LogP contribution in [0.25, 0.3) is 0 Å². The van der Waals surface area contributed by atoms with Crippen LogP contribution in [0, 0.1) is 0 Å². The molecule has 5 nitrogen and oxygen atoms in total. The summed E-state index contributed by atoms with van der Waals surface area (Å²) in [5.74, 6) is 0.521. The molecule has 0 aliphatic heterocycles. The van der Waals surface area contributed by atoms with E-state index < -0.39 is 5.97 Å². The molecule has 1 N–H and O–H groups in total. The van der Waals surface area contributed by atoms with Crippen molar-refractivity contribution in [3.63, 3.8) is 0 Å². The Balaban J connectivity index is 2.90. The number of hydrogen-bond acceptors (Lipinski definition) is 5. The van der Waals surface area contributed by atoms with Crippen molar-refractivity contribution < 1.29 is 24.1 Å². The Hall–Kier alpha value is -1.75. The normalized spacial score (nSPS) is 9.82. The van der Waals surface area contributed by atoms with E-state index in [9.17, 15) is 4.79 Å². The number of ether oxygens (including phenoxy) is 3. The van der Waals surface area contributed by atoms with Gasteiger partial charge >= 0.3 is 5.97 Å². The number of carbonyl (C=O) groups is 1. The minimum absolute atomic E-state index is 0.0392. The highest BCUT2D eigenvalue weighted by Gasteiger charge is 2.13. The number of carbonyl (C=O) groups excluding carboxylic acids is 1. The van der Waals surface area contributed by atoms with E-state index in [-0.39, 0.29) is 6.61 Å². The Morgan fingerprint density at radius 3 is 2.71 bits per heavy atom. The summed E-state index contributed by atoms with van der Waals surface area (Å²) in [6.07, 6.45) is 0.498. The van der Waals surface area contributed by atoms with Gasteiger partial charge in [-0.1, -0.05) is 0 Å². The molecule has 0 aliphatic rings. The van der Waals surface area contributed by atoms with Crippen LogP contribution in [-0.2, 0) is 4.74 Å². The van der Waals surface area contributed by atoms with Crippen LogP contribution in [-0.4, -0.2) is 38.5 Å². The molecular weight excluding hydrogens is 224 g/mol. The molecule has 0 fully saturated rings. The van der Waals surface area contributed by atoms with Gasteiger partial charge in [0.15, 0.2) is 0 Å². The van der Waals surface area contributed by atoms with Crippen molar-refractivity contribution in [2.75, 3.05) is 27.4 Å². The van der Waals surface area contributed by atoms with Gasteiger partial charge in [0, 0.05) is 19.1 Å². The summed E-state index contributed by atoms with van der Waals surface area (Å²) >= 11 is 0. The third-order valence-electron chi connectivity index (χ3n) is 2.15. The van der Waals surface area contributed by atoms with Crippen LogP contribution in [0.3, 0.4) is 0 Å². The van der Waals surface area contributed by atoms with Crippen LogP contribution in [0.1, 0.15) is 16.8 Å². The van der Waals surface area contributed by atoms with Gasteiger partial charge in [-0.05, 0) is 12.1 Å². The van der Waals surface area contributed by atoms with Crippen LogP contribution in [0.2, 0.25) is 0 Å². The number of benzene rings is 1. The number of rotatable bonds is 6. The van der Waals surface area contributed by atoms with Crippen molar-refractivity contribution in [1.82, 2.24) is 0 Å². The summed E-state index contributed by atoms with van der Waals surface area (Å²) in [4.78, 5) is 11.5. The van der Waals surface area contributed by atoms with E-state index in [0.29, 0.717) is 30.1 Å². The van der Waals surface area contributed by atoms with Gasteiger partial charge in [0.05, 0.1) is 20.8 Å². The fourth-order valence-electron chi connectivity index (χ4n) is 1.27. The maximum absolute atomic E-state index is 11.5. The Bertz CT molecular complexity index is 375. The second-order valence-electron chi connectivity index (χ2n) is 3.28. The molecule has 0 aromatic heterocycles. The Kier molecular flexibility index (Phi) is 5.29. The minimum atomic E-state index is -0.466. The molecule has 0 spiro atoms. The number of aliphatic hydroxyl groups is 1. The van der Waals surface area contributed by atoms with Crippen molar-refractivity contribution in [1.29, 1.82) is 0 Å². The first kappa shape index (κ1) is 13.3. The van der Waals surface area contributed by atoms with Gasteiger partial charge in [-0.15, -0.1) is 0 Å². The van der Waals surface area contributed by atoms with Gasteiger partial charge in [0.25, 0.3) is 0 Å². The molecule has 94 valence electrons. The van der Waals surface area contributed by atoms with Crippen LogP contribution in [0.4, 0.5) is 0 Å². The number of esters is 1. The van der Waals surface area contributed by atoms with Gasteiger partial charge in [-0.2, -0.15) is 0 Å². The van der Waals surface area contributed by atoms with E-state index in [1.807, 2.05) is 0 Å². The van der Waals surface area contributed by atoms with Crippen molar-refractivity contribution in [2.45, 2.75) is 6.42 Å². The van der Waals surface area contributed by atoms with E-state index in [1.54, 1.807) is 18.2 Å². The lowest BCUT2D eigenvalue weighted by atomic mass is 10.2. The predicted molar refractivity (Wildman–Crippen MR) is 61.5 cm³/mol. The molecule has 0 heterocycles. The monoisotopic (exact) mass is 240 g/mol. The van der Waals surface area contributed by atoms with E-state index in [1.165, 1.54) is 14.2 Å². The van der Waals surface area contributed by atoms with Crippen molar-refractivity contribution in [3.05, 3.63) is 23.8 Å². The maximum Gasteiger partial charge on any atom is 0.341 e. The summed E-state index contributed by atoms with van der Waals surface area (Å²) in [6.45, 7) is 0.366. The zero-order chi connectivity index (χ0) is 12.7. The smallest absolute Gasteiger partial charge is 0.341 e. The quantitative estimate of drug-likeness (QED) is 0.598. The SMILES string of the molecule is COC(=O)c1ccc(OC)cc1OCCCO. The zero-order valence-corrected chi connectivity index (χ0v) is 9.93. The maximum atomic E-state index is 11.5. The summed E-state index contributed by atoms with van der Waals surface area (Å²) in [6, 6.07) is 4.85. The Labute approximate surface area is 99.9 Å². The number of methoxy groups -OCH3 is 2. The fourth-order valence-corrected chi connectivity index (χ4v) is 1.27. The molecule has 0 radical (unpaired) electrons. The van der Waals surface area contributed by atoms with Crippen LogP contribution >= 0.6 is 0 Å². The topological polar surface area (TPSA) is 65.0 Å². The molecule has 0 amide bonds. The van der Waals surface area contributed by atoms with Gasteiger partial charge in [0.2, 0.25) is 0 Å². The average molecular weight is 240 g/mol. The molecule has 5 heteroatoms.